The molecule has 2 amide bonds. The quantitative estimate of drug-likeness (QED) is 0.767. The van der Waals surface area contributed by atoms with Crippen LogP contribution in [-0.4, -0.2) is 34.0 Å². The Morgan fingerprint density at radius 2 is 1.75 bits per heavy atom. The molecule has 1 fully saturated rings. The molecule has 1 saturated heterocycles. The molecular formula is C20H19F3N2O3. The van der Waals surface area contributed by atoms with E-state index in [-0.39, 0.29) is 37.2 Å². The third-order valence-corrected chi connectivity index (χ3v) is 4.77. The number of benzene rings is 2. The van der Waals surface area contributed by atoms with E-state index in [1.54, 1.807) is 6.07 Å². The maximum atomic E-state index is 13.9. The van der Waals surface area contributed by atoms with Gasteiger partial charge in [0.05, 0.1) is 0 Å². The molecule has 1 heterocycles. The summed E-state index contributed by atoms with van der Waals surface area (Å²) in [7, 11) is 0. The van der Waals surface area contributed by atoms with Gasteiger partial charge < -0.3 is 15.3 Å². The third kappa shape index (κ3) is 3.87. The van der Waals surface area contributed by atoms with Gasteiger partial charge in [0.2, 0.25) is 5.60 Å². The second kappa shape index (κ2) is 8.02. The molecule has 5 nitrogen and oxygen atoms in total. The number of carbonyl (C=O) groups excluding carboxylic acids is 2. The Morgan fingerprint density at radius 1 is 1.07 bits per heavy atom. The number of piperidine rings is 1. The first-order valence-electron chi connectivity index (χ1n) is 8.79. The van der Waals surface area contributed by atoms with Crippen LogP contribution in [0.3, 0.4) is 0 Å². The van der Waals surface area contributed by atoms with Crippen molar-refractivity contribution in [3.8, 4) is 0 Å². The maximum absolute atomic E-state index is 13.9. The van der Waals surface area contributed by atoms with E-state index >= 15 is 0 Å². The molecule has 0 radical (unpaired) electrons. The molecule has 1 atom stereocenters. The summed E-state index contributed by atoms with van der Waals surface area (Å²) in [6.07, 6.45) is 0.184. The van der Waals surface area contributed by atoms with Crippen molar-refractivity contribution in [2.24, 2.45) is 0 Å². The number of nitrogens with zero attached hydrogens (tertiary/aromatic N) is 1. The highest BCUT2D eigenvalue weighted by Gasteiger charge is 2.48. The molecule has 1 aliphatic heterocycles. The Balaban J connectivity index is 1.71. The second-order valence-electron chi connectivity index (χ2n) is 6.68. The van der Waals surface area contributed by atoms with E-state index < -0.39 is 34.9 Å². The number of hydrogen-bond acceptors (Lipinski definition) is 3. The summed E-state index contributed by atoms with van der Waals surface area (Å²) in [6.45, 7) is -0.275. The van der Waals surface area contributed by atoms with Gasteiger partial charge in [-0.1, -0.05) is 30.3 Å². The van der Waals surface area contributed by atoms with Gasteiger partial charge in [0.15, 0.2) is 11.6 Å². The fourth-order valence-electron chi connectivity index (χ4n) is 3.20. The lowest BCUT2D eigenvalue weighted by Crippen LogP contribution is -2.60. The second-order valence-corrected chi connectivity index (χ2v) is 6.68. The Kier molecular flexibility index (Phi) is 5.69. The Hall–Kier alpha value is -2.87. The molecule has 28 heavy (non-hydrogen) atoms. The average Bonchev–Trinajstić information content (AvgIpc) is 2.68. The molecule has 8 heteroatoms. The van der Waals surface area contributed by atoms with Crippen LogP contribution in [-0.2, 0) is 22.7 Å². The van der Waals surface area contributed by atoms with Gasteiger partial charge in [-0.15, -0.1) is 0 Å². The Morgan fingerprint density at radius 3 is 2.50 bits per heavy atom. The molecule has 2 aromatic carbocycles. The monoisotopic (exact) mass is 392 g/mol. The van der Waals surface area contributed by atoms with Gasteiger partial charge in [0, 0.05) is 30.8 Å². The number of hydrogen-bond donors (Lipinski definition) is 2. The van der Waals surface area contributed by atoms with Crippen molar-refractivity contribution in [1.82, 2.24) is 10.2 Å². The minimum Gasteiger partial charge on any atom is -0.372 e. The van der Waals surface area contributed by atoms with Crippen LogP contribution in [0.15, 0.2) is 42.5 Å². The van der Waals surface area contributed by atoms with Crippen molar-refractivity contribution in [2.75, 3.05) is 6.54 Å². The Labute approximate surface area is 159 Å². The van der Waals surface area contributed by atoms with Gasteiger partial charge >= 0.3 is 0 Å². The zero-order chi connectivity index (χ0) is 20.3. The fraction of sp³-hybridized carbons (Fsp3) is 0.300. The van der Waals surface area contributed by atoms with Crippen molar-refractivity contribution >= 4 is 11.8 Å². The highest BCUT2D eigenvalue weighted by atomic mass is 19.2. The molecular weight excluding hydrogens is 373 g/mol. The van der Waals surface area contributed by atoms with Gasteiger partial charge in [-0.3, -0.25) is 9.59 Å². The first-order chi connectivity index (χ1) is 13.3. The molecule has 148 valence electrons. The minimum atomic E-state index is -2.34. The van der Waals surface area contributed by atoms with Gasteiger partial charge in [-0.2, -0.15) is 0 Å². The molecule has 0 aromatic heterocycles. The summed E-state index contributed by atoms with van der Waals surface area (Å²) >= 11 is 0. The number of amides is 2. The number of rotatable bonds is 5. The van der Waals surface area contributed by atoms with Gasteiger partial charge in [0.25, 0.3) is 11.8 Å². The zero-order valence-electron chi connectivity index (χ0n) is 14.9. The minimum absolute atomic E-state index is 0.0515. The van der Waals surface area contributed by atoms with Crippen LogP contribution in [0, 0.1) is 17.5 Å². The molecule has 1 unspecified atom stereocenters. The highest BCUT2D eigenvalue weighted by molar-refractivity contribution is 6.08. The molecule has 2 N–H and O–H groups in total. The lowest BCUT2D eigenvalue weighted by Gasteiger charge is -2.37. The predicted octanol–water partition coefficient (Wildman–Crippen LogP) is 2.27. The van der Waals surface area contributed by atoms with Gasteiger partial charge in [-0.25, -0.2) is 13.2 Å². The van der Waals surface area contributed by atoms with Crippen LogP contribution in [0.25, 0.3) is 0 Å². The smallest absolute Gasteiger partial charge is 0.264 e. The normalized spacial score (nSPS) is 19.6. The predicted molar refractivity (Wildman–Crippen MR) is 94.2 cm³/mol. The van der Waals surface area contributed by atoms with E-state index in [9.17, 15) is 27.9 Å². The van der Waals surface area contributed by atoms with E-state index in [0.717, 1.165) is 11.0 Å². The molecule has 0 bridgehead atoms. The summed E-state index contributed by atoms with van der Waals surface area (Å²) in [5.74, 6) is -4.49. The highest BCUT2D eigenvalue weighted by Crippen LogP contribution is 2.25. The number of carbonyl (C=O) groups is 2. The average molecular weight is 392 g/mol. The lowest BCUT2D eigenvalue weighted by molar-refractivity contribution is -0.166. The Bertz CT molecular complexity index is 906. The van der Waals surface area contributed by atoms with Crippen LogP contribution < -0.4 is 5.32 Å². The van der Waals surface area contributed by atoms with E-state index in [1.165, 1.54) is 30.3 Å². The van der Waals surface area contributed by atoms with Crippen molar-refractivity contribution in [2.45, 2.75) is 31.5 Å². The third-order valence-electron chi connectivity index (χ3n) is 4.77. The largest absolute Gasteiger partial charge is 0.372 e. The topological polar surface area (TPSA) is 69.6 Å². The summed E-state index contributed by atoms with van der Waals surface area (Å²) in [6, 6.07) is 9.41. The van der Waals surface area contributed by atoms with Crippen LogP contribution in [0.2, 0.25) is 0 Å². The van der Waals surface area contributed by atoms with Crippen molar-refractivity contribution in [3.63, 3.8) is 0 Å². The first-order valence-corrected chi connectivity index (χ1v) is 8.79. The summed E-state index contributed by atoms with van der Waals surface area (Å²) < 4.78 is 40.9. The SMILES string of the molecule is O=C(NCc1ccccc1F)C1(O)CCCN(Cc2cccc(F)c2F)C1=O. The van der Waals surface area contributed by atoms with Crippen molar-refractivity contribution in [1.29, 1.82) is 0 Å². The van der Waals surface area contributed by atoms with Crippen LogP contribution >= 0.6 is 0 Å². The lowest BCUT2D eigenvalue weighted by atomic mass is 9.90. The first kappa shape index (κ1) is 19.9. The summed E-state index contributed by atoms with van der Waals surface area (Å²) in [5.41, 5.74) is -2.18. The van der Waals surface area contributed by atoms with E-state index in [0.29, 0.717) is 6.42 Å². The van der Waals surface area contributed by atoms with Gasteiger partial charge in [-0.05, 0) is 25.0 Å². The van der Waals surface area contributed by atoms with Crippen molar-refractivity contribution < 1.29 is 27.9 Å². The van der Waals surface area contributed by atoms with Gasteiger partial charge in [0.1, 0.15) is 5.82 Å². The van der Waals surface area contributed by atoms with Crippen molar-refractivity contribution in [3.05, 3.63) is 71.0 Å². The number of halogens is 3. The fourth-order valence-corrected chi connectivity index (χ4v) is 3.20. The molecule has 1 aliphatic rings. The zero-order valence-corrected chi connectivity index (χ0v) is 14.9. The van der Waals surface area contributed by atoms with E-state index in [1.807, 2.05) is 0 Å². The molecule has 2 aromatic rings. The van der Waals surface area contributed by atoms with E-state index in [4.69, 9.17) is 0 Å². The maximum Gasteiger partial charge on any atom is 0.264 e. The number of nitrogens with one attached hydrogen (secondary N) is 1. The van der Waals surface area contributed by atoms with Crippen LogP contribution in [0.4, 0.5) is 13.2 Å². The standard InChI is InChI=1S/C20H19F3N2O3/c21-15-7-2-1-5-13(15)11-24-18(26)20(28)9-4-10-25(19(20)27)12-14-6-3-8-16(22)17(14)23/h1-3,5-8,28H,4,9-12H2,(H,24,26). The number of aliphatic hydroxyl groups is 1. The van der Waals surface area contributed by atoms with E-state index in [2.05, 4.69) is 5.32 Å². The summed E-state index contributed by atoms with van der Waals surface area (Å²) in [5, 5.41) is 13.0. The summed E-state index contributed by atoms with van der Waals surface area (Å²) in [4.78, 5) is 26.3. The number of likely N-dealkylation sites (tertiary alicyclic amines) is 1. The van der Waals surface area contributed by atoms with Crippen LogP contribution in [0.5, 0.6) is 0 Å². The van der Waals surface area contributed by atoms with Crippen LogP contribution in [0.1, 0.15) is 24.0 Å². The molecule has 3 rings (SSSR count). The molecule has 0 aliphatic carbocycles. The molecule has 0 saturated carbocycles. The molecule has 0 spiro atoms.